The largest absolute Gasteiger partial charge is 0.496 e. The Labute approximate surface area is 199 Å². The molecule has 0 unspecified atom stereocenters. The maximum absolute atomic E-state index is 13.7. The Morgan fingerprint density at radius 2 is 1.45 bits per heavy atom. The molecule has 0 aromatic heterocycles. The quantitative estimate of drug-likeness (QED) is 0.320. The Morgan fingerprint density at radius 3 is 2.06 bits per heavy atom. The molecule has 0 spiro atoms. The number of benzene rings is 4. The molecule has 0 saturated carbocycles. The molecule has 0 fully saturated rings. The third-order valence-electron chi connectivity index (χ3n) is 5.41. The molecule has 4 aromatic rings. The van der Waals surface area contributed by atoms with E-state index >= 15 is 0 Å². The summed E-state index contributed by atoms with van der Waals surface area (Å²) in [6.45, 7) is 0.352. The van der Waals surface area contributed by atoms with Gasteiger partial charge in [0.05, 0.1) is 19.7 Å². The van der Waals surface area contributed by atoms with Crippen molar-refractivity contribution in [1.29, 1.82) is 0 Å². The number of urea groups is 1. The fourth-order valence-electron chi connectivity index (χ4n) is 3.88. The minimum absolute atomic E-state index is 0.235. The predicted octanol–water partition coefficient (Wildman–Crippen LogP) is 7.17. The van der Waals surface area contributed by atoms with Crippen molar-refractivity contribution in [3.63, 3.8) is 0 Å². The van der Waals surface area contributed by atoms with Gasteiger partial charge in [-0.2, -0.15) is 0 Å². The topological polar surface area (TPSA) is 41.6 Å². The highest BCUT2D eigenvalue weighted by molar-refractivity contribution is 6.30. The van der Waals surface area contributed by atoms with Gasteiger partial charge < -0.3 is 15.0 Å². The molecule has 0 saturated heterocycles. The highest BCUT2D eigenvalue weighted by Crippen LogP contribution is 2.32. The van der Waals surface area contributed by atoms with Gasteiger partial charge in [0.1, 0.15) is 5.75 Å². The fraction of sp³-hybridized carbons (Fsp3) is 0.107. The molecule has 4 nitrogen and oxygen atoms in total. The van der Waals surface area contributed by atoms with Crippen LogP contribution in [0, 0.1) is 0 Å². The van der Waals surface area contributed by atoms with E-state index in [0.717, 1.165) is 22.4 Å². The number of carbonyl (C=O) groups excluding carboxylic acids is 1. The van der Waals surface area contributed by atoms with Crippen molar-refractivity contribution in [1.82, 2.24) is 4.90 Å². The lowest BCUT2D eigenvalue weighted by Gasteiger charge is -2.33. The molecular formula is C28H25ClN2O2. The zero-order chi connectivity index (χ0) is 23.0. The number of amides is 2. The zero-order valence-corrected chi connectivity index (χ0v) is 19.1. The maximum atomic E-state index is 13.7. The fourth-order valence-corrected chi connectivity index (χ4v) is 4.07. The summed E-state index contributed by atoms with van der Waals surface area (Å²) in [5.41, 5.74) is 3.58. The van der Waals surface area contributed by atoms with Crippen LogP contribution >= 0.6 is 11.6 Å². The third-order valence-corrected chi connectivity index (χ3v) is 5.65. The van der Waals surface area contributed by atoms with E-state index in [9.17, 15) is 4.79 Å². The van der Waals surface area contributed by atoms with E-state index in [1.807, 2.05) is 102 Å². The second kappa shape index (κ2) is 10.7. The van der Waals surface area contributed by atoms with Gasteiger partial charge in [0, 0.05) is 16.3 Å². The number of anilines is 1. The summed E-state index contributed by atoms with van der Waals surface area (Å²) >= 11 is 6.15. The van der Waals surface area contributed by atoms with Crippen LogP contribution in [0.3, 0.4) is 0 Å². The van der Waals surface area contributed by atoms with E-state index in [-0.39, 0.29) is 12.1 Å². The van der Waals surface area contributed by atoms with E-state index in [2.05, 4.69) is 5.32 Å². The van der Waals surface area contributed by atoms with Crippen molar-refractivity contribution in [3.05, 3.63) is 131 Å². The van der Waals surface area contributed by atoms with Crippen molar-refractivity contribution in [3.8, 4) is 5.75 Å². The lowest BCUT2D eigenvalue weighted by atomic mass is 9.96. The first kappa shape index (κ1) is 22.4. The summed E-state index contributed by atoms with van der Waals surface area (Å²) in [6.07, 6.45) is 0. The second-order valence-corrected chi connectivity index (χ2v) is 8.04. The number of nitrogens with one attached hydrogen (secondary N) is 1. The molecular weight excluding hydrogens is 432 g/mol. The smallest absolute Gasteiger partial charge is 0.322 e. The molecule has 1 N–H and O–H groups in total. The van der Waals surface area contributed by atoms with Crippen LogP contribution in [-0.4, -0.2) is 18.0 Å². The van der Waals surface area contributed by atoms with Gasteiger partial charge in [-0.3, -0.25) is 0 Å². The normalized spacial score (nSPS) is 10.6. The molecule has 5 heteroatoms. The van der Waals surface area contributed by atoms with Gasteiger partial charge in [0.15, 0.2) is 0 Å². The van der Waals surface area contributed by atoms with Crippen molar-refractivity contribution < 1.29 is 9.53 Å². The van der Waals surface area contributed by atoms with E-state index in [4.69, 9.17) is 16.3 Å². The molecule has 0 bridgehead atoms. The summed E-state index contributed by atoms with van der Waals surface area (Å²) in [4.78, 5) is 15.6. The first-order chi connectivity index (χ1) is 16.2. The average molecular weight is 457 g/mol. The van der Waals surface area contributed by atoms with E-state index < -0.39 is 0 Å². The summed E-state index contributed by atoms with van der Waals surface area (Å²) in [6, 6.07) is 34.4. The molecule has 0 aliphatic carbocycles. The summed E-state index contributed by atoms with van der Waals surface area (Å²) in [5.74, 6) is 0.734. The lowest BCUT2D eigenvalue weighted by Crippen LogP contribution is -2.38. The van der Waals surface area contributed by atoms with Crippen molar-refractivity contribution in [2.45, 2.75) is 12.6 Å². The molecule has 4 rings (SSSR count). The monoisotopic (exact) mass is 456 g/mol. The van der Waals surface area contributed by atoms with Crippen LogP contribution in [0.4, 0.5) is 10.5 Å². The Kier molecular flexibility index (Phi) is 7.28. The number of methoxy groups -OCH3 is 1. The second-order valence-electron chi connectivity index (χ2n) is 7.60. The van der Waals surface area contributed by atoms with Gasteiger partial charge >= 0.3 is 6.03 Å². The van der Waals surface area contributed by atoms with Crippen LogP contribution in [-0.2, 0) is 6.54 Å². The number of hydrogen-bond donors (Lipinski definition) is 1. The van der Waals surface area contributed by atoms with Crippen LogP contribution in [0.15, 0.2) is 109 Å². The number of nitrogens with zero attached hydrogens (tertiary/aromatic N) is 1. The summed E-state index contributed by atoms with van der Waals surface area (Å²) in [7, 11) is 1.64. The van der Waals surface area contributed by atoms with Gasteiger partial charge in [-0.05, 0) is 35.4 Å². The molecule has 0 heterocycles. The molecule has 0 radical (unpaired) electrons. The SMILES string of the molecule is COc1ccccc1CN(C(=O)Nc1cccc(Cl)c1)C(c1ccccc1)c1ccccc1. The molecule has 0 aliphatic rings. The lowest BCUT2D eigenvalue weighted by molar-refractivity contribution is 0.193. The van der Waals surface area contributed by atoms with Crippen LogP contribution in [0.1, 0.15) is 22.7 Å². The number of ether oxygens (including phenoxy) is 1. The first-order valence-corrected chi connectivity index (χ1v) is 11.1. The van der Waals surface area contributed by atoms with E-state index in [1.165, 1.54) is 0 Å². The molecule has 33 heavy (non-hydrogen) atoms. The van der Waals surface area contributed by atoms with Gasteiger partial charge in [-0.15, -0.1) is 0 Å². The Hall–Kier alpha value is -3.76. The Bertz CT molecular complexity index is 1160. The van der Waals surface area contributed by atoms with E-state index in [0.29, 0.717) is 17.3 Å². The van der Waals surface area contributed by atoms with Crippen molar-refractivity contribution in [2.75, 3.05) is 12.4 Å². The minimum Gasteiger partial charge on any atom is -0.496 e. The molecule has 4 aromatic carbocycles. The molecule has 2 amide bonds. The first-order valence-electron chi connectivity index (χ1n) is 10.7. The van der Waals surface area contributed by atoms with Crippen LogP contribution < -0.4 is 10.1 Å². The third kappa shape index (κ3) is 5.54. The van der Waals surface area contributed by atoms with Gasteiger partial charge in [0.25, 0.3) is 0 Å². The Balaban J connectivity index is 1.79. The standard InChI is InChI=1S/C28H25ClN2O2/c1-33-26-18-9-8-15-23(26)20-31(28(32)30-25-17-10-16-24(29)19-25)27(21-11-4-2-5-12-21)22-13-6-3-7-14-22/h2-19,27H,20H2,1H3,(H,30,32). The van der Waals surface area contributed by atoms with Crippen molar-refractivity contribution in [2.24, 2.45) is 0 Å². The van der Waals surface area contributed by atoms with Gasteiger partial charge in [-0.25, -0.2) is 4.79 Å². The zero-order valence-electron chi connectivity index (χ0n) is 18.3. The molecule has 0 aliphatic heterocycles. The highest BCUT2D eigenvalue weighted by atomic mass is 35.5. The number of rotatable bonds is 7. The highest BCUT2D eigenvalue weighted by Gasteiger charge is 2.28. The van der Waals surface area contributed by atoms with Gasteiger partial charge in [-0.1, -0.05) is 96.5 Å². The maximum Gasteiger partial charge on any atom is 0.322 e. The minimum atomic E-state index is -0.309. The van der Waals surface area contributed by atoms with Crippen LogP contribution in [0.2, 0.25) is 5.02 Å². The Morgan fingerprint density at radius 1 is 0.848 bits per heavy atom. The number of carbonyl (C=O) groups is 1. The number of hydrogen-bond acceptors (Lipinski definition) is 2. The average Bonchev–Trinajstić information content (AvgIpc) is 2.85. The van der Waals surface area contributed by atoms with Gasteiger partial charge in [0.2, 0.25) is 0 Å². The number of halogens is 1. The summed E-state index contributed by atoms with van der Waals surface area (Å²) in [5, 5.41) is 3.58. The number of para-hydroxylation sites is 1. The molecule has 0 atom stereocenters. The molecule has 166 valence electrons. The van der Waals surface area contributed by atoms with Crippen molar-refractivity contribution >= 4 is 23.3 Å². The van der Waals surface area contributed by atoms with E-state index in [1.54, 1.807) is 19.2 Å². The predicted molar refractivity (Wildman–Crippen MR) is 134 cm³/mol. The summed E-state index contributed by atoms with van der Waals surface area (Å²) < 4.78 is 5.58. The van der Waals surface area contributed by atoms with Crippen LogP contribution in [0.5, 0.6) is 5.75 Å². The van der Waals surface area contributed by atoms with Crippen LogP contribution in [0.25, 0.3) is 0 Å².